The molecule has 0 bridgehead atoms. The molecule has 0 N–H and O–H groups in total. The van der Waals surface area contributed by atoms with Crippen LogP contribution < -0.4 is 0 Å². The Balaban J connectivity index is 1.61. The van der Waals surface area contributed by atoms with Gasteiger partial charge in [-0.25, -0.2) is 0 Å². The predicted molar refractivity (Wildman–Crippen MR) is 95.8 cm³/mol. The van der Waals surface area contributed by atoms with Gasteiger partial charge >= 0.3 is 0 Å². The highest BCUT2D eigenvalue weighted by molar-refractivity contribution is 5.94. The number of rotatable bonds is 5. The number of fused-ring (bicyclic) bond motifs is 1. The Labute approximate surface area is 142 Å². The lowest BCUT2D eigenvalue weighted by atomic mass is 9.99. The second kappa shape index (κ2) is 7.12. The summed E-state index contributed by atoms with van der Waals surface area (Å²) < 4.78 is 11.0. The molecular formula is C21H21NO2. The molecule has 3 aromatic rings. The molecule has 2 heterocycles. The van der Waals surface area contributed by atoms with Crippen LogP contribution in [-0.2, 0) is 15.9 Å². The van der Waals surface area contributed by atoms with Gasteiger partial charge in [0.15, 0.2) is 6.29 Å². The fraction of sp³-hybridized carbons (Fsp3) is 0.286. The Hall–Kier alpha value is -2.23. The van der Waals surface area contributed by atoms with Crippen molar-refractivity contribution in [1.29, 1.82) is 0 Å². The van der Waals surface area contributed by atoms with Gasteiger partial charge in [-0.2, -0.15) is 0 Å². The van der Waals surface area contributed by atoms with Crippen molar-refractivity contribution in [2.45, 2.75) is 25.6 Å². The second-order valence-corrected chi connectivity index (χ2v) is 6.11. The Morgan fingerprint density at radius 2 is 1.67 bits per heavy atom. The average Bonchev–Trinajstić information content (AvgIpc) is 3.15. The first-order valence-electron chi connectivity index (χ1n) is 8.57. The van der Waals surface area contributed by atoms with Crippen LogP contribution in [0.15, 0.2) is 60.7 Å². The lowest BCUT2D eigenvalue weighted by Crippen LogP contribution is -2.07. The number of para-hydroxylation sites is 1. The molecule has 24 heavy (non-hydrogen) atoms. The molecule has 1 aromatic heterocycles. The molecule has 3 nitrogen and oxygen atoms in total. The van der Waals surface area contributed by atoms with Crippen molar-refractivity contribution in [2.75, 3.05) is 13.2 Å². The van der Waals surface area contributed by atoms with Crippen molar-refractivity contribution < 1.29 is 9.47 Å². The van der Waals surface area contributed by atoms with Gasteiger partial charge in [0, 0.05) is 11.1 Å². The zero-order valence-corrected chi connectivity index (χ0v) is 13.7. The van der Waals surface area contributed by atoms with Crippen molar-refractivity contribution >= 4 is 10.9 Å². The number of benzene rings is 2. The third kappa shape index (κ3) is 3.32. The SMILES string of the molecule is c1ccc(-c2cc(CCCC3OCCO3)nc3ccccc23)cc1. The smallest absolute Gasteiger partial charge is 0.157 e. The van der Waals surface area contributed by atoms with Gasteiger partial charge in [0.2, 0.25) is 0 Å². The topological polar surface area (TPSA) is 31.4 Å². The molecule has 0 unspecified atom stereocenters. The first-order valence-corrected chi connectivity index (χ1v) is 8.57. The molecule has 0 saturated carbocycles. The summed E-state index contributed by atoms with van der Waals surface area (Å²) in [4.78, 5) is 4.84. The van der Waals surface area contributed by atoms with Crippen molar-refractivity contribution in [3.05, 3.63) is 66.4 Å². The lowest BCUT2D eigenvalue weighted by molar-refractivity contribution is -0.0476. The molecule has 0 aliphatic carbocycles. The molecule has 4 rings (SSSR count). The maximum atomic E-state index is 5.51. The second-order valence-electron chi connectivity index (χ2n) is 6.11. The van der Waals surface area contributed by atoms with Crippen LogP contribution >= 0.6 is 0 Å². The first kappa shape index (κ1) is 15.3. The minimum atomic E-state index is -0.0287. The van der Waals surface area contributed by atoms with E-state index in [-0.39, 0.29) is 6.29 Å². The number of pyridine rings is 1. The molecule has 3 heteroatoms. The van der Waals surface area contributed by atoms with E-state index in [2.05, 4.69) is 54.6 Å². The van der Waals surface area contributed by atoms with Gasteiger partial charge in [-0.05, 0) is 42.5 Å². The zero-order valence-electron chi connectivity index (χ0n) is 13.7. The summed E-state index contributed by atoms with van der Waals surface area (Å²) in [5.41, 5.74) is 4.68. The molecular weight excluding hydrogens is 298 g/mol. The van der Waals surface area contributed by atoms with Crippen LogP contribution in [0.2, 0.25) is 0 Å². The number of aryl methyl sites for hydroxylation is 1. The third-order valence-corrected chi connectivity index (χ3v) is 4.42. The lowest BCUT2D eigenvalue weighted by Gasteiger charge is -2.11. The Kier molecular flexibility index (Phi) is 4.54. The maximum Gasteiger partial charge on any atom is 0.157 e. The normalized spacial score (nSPS) is 15.2. The Morgan fingerprint density at radius 3 is 2.50 bits per heavy atom. The van der Waals surface area contributed by atoms with Crippen LogP contribution in [0.25, 0.3) is 22.0 Å². The molecule has 0 spiro atoms. The minimum Gasteiger partial charge on any atom is -0.350 e. The van der Waals surface area contributed by atoms with Gasteiger partial charge in [-0.3, -0.25) is 4.98 Å². The highest BCUT2D eigenvalue weighted by atomic mass is 16.7. The van der Waals surface area contributed by atoms with Gasteiger partial charge in [-0.1, -0.05) is 48.5 Å². The minimum absolute atomic E-state index is 0.0287. The summed E-state index contributed by atoms with van der Waals surface area (Å²) in [5, 5.41) is 1.20. The highest BCUT2D eigenvalue weighted by Crippen LogP contribution is 2.29. The predicted octanol–water partition coefficient (Wildman–Crippen LogP) is 4.60. The third-order valence-electron chi connectivity index (χ3n) is 4.42. The molecule has 1 saturated heterocycles. The van der Waals surface area contributed by atoms with Gasteiger partial charge in [0.25, 0.3) is 0 Å². The van der Waals surface area contributed by atoms with Crippen molar-refractivity contribution in [1.82, 2.24) is 4.98 Å². The summed E-state index contributed by atoms with van der Waals surface area (Å²) in [5.74, 6) is 0. The van der Waals surface area contributed by atoms with Crippen LogP contribution in [0.3, 0.4) is 0 Å². The molecule has 1 fully saturated rings. The van der Waals surface area contributed by atoms with Crippen molar-refractivity contribution in [3.8, 4) is 11.1 Å². The van der Waals surface area contributed by atoms with Crippen LogP contribution in [0.1, 0.15) is 18.5 Å². The van der Waals surface area contributed by atoms with Gasteiger partial charge in [0.1, 0.15) is 0 Å². The average molecular weight is 319 g/mol. The van der Waals surface area contributed by atoms with Crippen LogP contribution in [-0.4, -0.2) is 24.5 Å². The maximum absolute atomic E-state index is 5.51. The number of aromatic nitrogens is 1. The largest absolute Gasteiger partial charge is 0.350 e. The van der Waals surface area contributed by atoms with E-state index in [0.29, 0.717) is 0 Å². The number of nitrogens with zero attached hydrogens (tertiary/aromatic N) is 1. The van der Waals surface area contributed by atoms with Gasteiger partial charge in [0.05, 0.1) is 18.7 Å². The summed E-state index contributed by atoms with van der Waals surface area (Å²) >= 11 is 0. The molecule has 0 amide bonds. The molecule has 122 valence electrons. The summed E-state index contributed by atoms with van der Waals surface area (Å²) in [6.45, 7) is 1.44. The Morgan fingerprint density at radius 1 is 0.917 bits per heavy atom. The molecule has 0 atom stereocenters. The van der Waals surface area contributed by atoms with E-state index in [1.165, 1.54) is 16.5 Å². The zero-order chi connectivity index (χ0) is 16.2. The van der Waals surface area contributed by atoms with E-state index in [0.717, 1.165) is 43.7 Å². The van der Waals surface area contributed by atoms with Gasteiger partial charge in [-0.15, -0.1) is 0 Å². The van der Waals surface area contributed by atoms with E-state index in [4.69, 9.17) is 14.5 Å². The summed E-state index contributed by atoms with van der Waals surface area (Å²) in [6.07, 6.45) is 2.85. The standard InChI is InChI=1S/C21H21NO2/c1-2-7-16(8-3-1)19-15-17(9-6-12-21-23-13-14-24-21)22-20-11-5-4-10-18(19)20/h1-5,7-8,10-11,15,21H,6,9,12-14H2. The van der Waals surface area contributed by atoms with E-state index < -0.39 is 0 Å². The monoisotopic (exact) mass is 319 g/mol. The van der Waals surface area contributed by atoms with E-state index in [9.17, 15) is 0 Å². The van der Waals surface area contributed by atoms with Crippen molar-refractivity contribution in [2.24, 2.45) is 0 Å². The summed E-state index contributed by atoms with van der Waals surface area (Å²) in [7, 11) is 0. The fourth-order valence-electron chi connectivity index (χ4n) is 3.24. The number of hydrogen-bond acceptors (Lipinski definition) is 3. The molecule has 1 aliphatic rings. The van der Waals surface area contributed by atoms with E-state index in [1.54, 1.807) is 0 Å². The van der Waals surface area contributed by atoms with E-state index in [1.807, 2.05) is 6.07 Å². The quantitative estimate of drug-likeness (QED) is 0.689. The van der Waals surface area contributed by atoms with Crippen LogP contribution in [0.4, 0.5) is 0 Å². The van der Waals surface area contributed by atoms with Gasteiger partial charge < -0.3 is 9.47 Å². The van der Waals surface area contributed by atoms with E-state index >= 15 is 0 Å². The highest BCUT2D eigenvalue weighted by Gasteiger charge is 2.15. The number of hydrogen-bond donors (Lipinski definition) is 0. The Bertz CT molecular complexity index is 810. The van der Waals surface area contributed by atoms with Crippen molar-refractivity contribution in [3.63, 3.8) is 0 Å². The van der Waals surface area contributed by atoms with Crippen LogP contribution in [0, 0.1) is 0 Å². The first-order chi connectivity index (χ1) is 11.9. The summed E-state index contributed by atoms with van der Waals surface area (Å²) in [6, 6.07) is 21.1. The number of ether oxygens (including phenoxy) is 2. The molecule has 1 aliphatic heterocycles. The molecule has 2 aromatic carbocycles. The fourth-order valence-corrected chi connectivity index (χ4v) is 3.24. The molecule has 0 radical (unpaired) electrons. The van der Waals surface area contributed by atoms with Crippen LogP contribution in [0.5, 0.6) is 0 Å².